The smallest absolute Gasteiger partial charge is 0.405 e. The fourth-order valence-corrected chi connectivity index (χ4v) is 4.71. The van der Waals surface area contributed by atoms with Gasteiger partial charge in [-0.3, -0.25) is 4.98 Å². The van der Waals surface area contributed by atoms with Crippen molar-refractivity contribution < 1.29 is 4.42 Å². The lowest BCUT2D eigenvalue weighted by molar-refractivity contribution is 0.556. The highest BCUT2D eigenvalue weighted by atomic mass is 35.5. The standard InChI is InChI=1S/C19H10Cl2N4O2S/c20-9-1-2-10(13(21)7-9)12-8-14(28-16(12)18-23-5-6-24-18)11-3-4-22-17-15(11)27-19(26)25-17/h1-8H,(H,23,24)(H,22,25,26). The lowest BCUT2D eigenvalue weighted by Gasteiger charge is -2.05. The fourth-order valence-electron chi connectivity index (χ4n) is 3.05. The number of nitrogens with zero attached hydrogens (tertiary/aromatic N) is 2. The summed E-state index contributed by atoms with van der Waals surface area (Å²) in [5.74, 6) is 0.178. The molecular weight excluding hydrogens is 419 g/mol. The van der Waals surface area contributed by atoms with E-state index in [1.54, 1.807) is 30.7 Å². The Morgan fingerprint density at radius 2 is 1.89 bits per heavy atom. The van der Waals surface area contributed by atoms with E-state index in [2.05, 4.69) is 19.9 Å². The molecule has 28 heavy (non-hydrogen) atoms. The number of fused-ring (bicyclic) bond motifs is 1. The second-order valence-corrected chi connectivity index (χ2v) is 7.86. The molecule has 4 heterocycles. The zero-order chi connectivity index (χ0) is 19.3. The largest absolute Gasteiger partial charge is 0.418 e. The van der Waals surface area contributed by atoms with E-state index in [0.29, 0.717) is 21.3 Å². The van der Waals surface area contributed by atoms with Crippen LogP contribution in [0, 0.1) is 0 Å². The SMILES string of the molecule is O=c1[nH]c2nccc(-c3cc(-c4ccc(Cl)cc4Cl)c(-c4ncc[nH]4)s3)c2o1. The first-order valence-corrected chi connectivity index (χ1v) is 9.74. The molecule has 138 valence electrons. The molecule has 0 saturated carbocycles. The number of hydrogen-bond donors (Lipinski definition) is 2. The predicted octanol–water partition coefficient (Wildman–Crippen LogP) is 5.61. The second kappa shape index (κ2) is 6.63. The number of hydrogen-bond acceptors (Lipinski definition) is 5. The van der Waals surface area contributed by atoms with Crippen LogP contribution in [-0.4, -0.2) is 19.9 Å². The van der Waals surface area contributed by atoms with E-state index in [1.807, 2.05) is 18.2 Å². The van der Waals surface area contributed by atoms with Crippen molar-refractivity contribution in [1.82, 2.24) is 19.9 Å². The van der Waals surface area contributed by atoms with E-state index >= 15 is 0 Å². The molecule has 0 spiro atoms. The number of benzene rings is 1. The van der Waals surface area contributed by atoms with Crippen molar-refractivity contribution in [2.24, 2.45) is 0 Å². The van der Waals surface area contributed by atoms with Gasteiger partial charge in [-0.2, -0.15) is 0 Å². The minimum absolute atomic E-state index is 0.404. The second-order valence-electron chi connectivity index (χ2n) is 5.97. The first-order valence-electron chi connectivity index (χ1n) is 8.17. The number of thiophene rings is 1. The Morgan fingerprint density at radius 1 is 1.00 bits per heavy atom. The fraction of sp³-hybridized carbons (Fsp3) is 0. The molecule has 4 aromatic heterocycles. The molecule has 5 aromatic rings. The van der Waals surface area contributed by atoms with Crippen molar-refractivity contribution in [3.05, 3.63) is 69.5 Å². The molecule has 0 aliphatic carbocycles. The van der Waals surface area contributed by atoms with Crippen molar-refractivity contribution in [3.63, 3.8) is 0 Å². The maximum Gasteiger partial charge on any atom is 0.418 e. The van der Waals surface area contributed by atoms with Crippen LogP contribution in [0.5, 0.6) is 0 Å². The topological polar surface area (TPSA) is 87.6 Å². The van der Waals surface area contributed by atoms with Crippen LogP contribution in [0.3, 0.4) is 0 Å². The Bertz CT molecular complexity index is 1370. The van der Waals surface area contributed by atoms with Gasteiger partial charge in [0.2, 0.25) is 0 Å². The van der Waals surface area contributed by atoms with Crippen LogP contribution < -0.4 is 5.76 Å². The Balaban J connectivity index is 1.78. The summed E-state index contributed by atoms with van der Waals surface area (Å²) in [6.45, 7) is 0. The summed E-state index contributed by atoms with van der Waals surface area (Å²) in [6.07, 6.45) is 5.08. The molecule has 0 radical (unpaired) electrons. The number of oxazole rings is 1. The number of rotatable bonds is 3. The van der Waals surface area contributed by atoms with Crippen LogP contribution in [0.4, 0.5) is 0 Å². The summed E-state index contributed by atoms with van der Waals surface area (Å²) >= 11 is 14.0. The van der Waals surface area contributed by atoms with Crippen LogP contribution in [0.15, 0.2) is 58.1 Å². The molecule has 0 unspecified atom stereocenters. The number of pyridine rings is 1. The predicted molar refractivity (Wildman–Crippen MR) is 111 cm³/mol. The summed E-state index contributed by atoms with van der Waals surface area (Å²) in [5, 5.41) is 1.10. The van der Waals surface area contributed by atoms with Gasteiger partial charge in [-0.15, -0.1) is 11.3 Å². The number of halogens is 2. The summed E-state index contributed by atoms with van der Waals surface area (Å²) < 4.78 is 5.30. The number of nitrogens with one attached hydrogen (secondary N) is 2. The molecule has 0 aliphatic rings. The van der Waals surface area contributed by atoms with Crippen LogP contribution in [0.1, 0.15) is 0 Å². The lowest BCUT2D eigenvalue weighted by atomic mass is 10.0. The lowest BCUT2D eigenvalue weighted by Crippen LogP contribution is -1.93. The van der Waals surface area contributed by atoms with Gasteiger partial charge in [-0.1, -0.05) is 29.3 Å². The van der Waals surface area contributed by atoms with Gasteiger partial charge in [0.15, 0.2) is 11.2 Å². The quantitative estimate of drug-likeness (QED) is 0.390. The highest BCUT2D eigenvalue weighted by Gasteiger charge is 2.20. The van der Waals surface area contributed by atoms with E-state index in [1.165, 1.54) is 11.3 Å². The zero-order valence-corrected chi connectivity index (χ0v) is 16.3. The minimum atomic E-state index is -0.543. The van der Waals surface area contributed by atoms with Crippen molar-refractivity contribution in [2.45, 2.75) is 0 Å². The van der Waals surface area contributed by atoms with Gasteiger partial charge in [0, 0.05) is 50.2 Å². The highest BCUT2D eigenvalue weighted by Crippen LogP contribution is 2.45. The molecule has 1 aromatic carbocycles. The van der Waals surface area contributed by atoms with Crippen molar-refractivity contribution in [3.8, 4) is 32.3 Å². The average molecular weight is 429 g/mol. The van der Waals surface area contributed by atoms with Gasteiger partial charge in [-0.05, 0) is 24.3 Å². The monoisotopic (exact) mass is 428 g/mol. The first kappa shape index (κ1) is 17.2. The molecule has 2 N–H and O–H groups in total. The third kappa shape index (κ3) is 2.84. The molecular formula is C19H10Cl2N4O2S. The Morgan fingerprint density at radius 3 is 2.68 bits per heavy atom. The van der Waals surface area contributed by atoms with Crippen LogP contribution in [-0.2, 0) is 0 Å². The summed E-state index contributed by atoms with van der Waals surface area (Å²) in [7, 11) is 0. The maximum absolute atomic E-state index is 11.6. The van der Waals surface area contributed by atoms with Crippen molar-refractivity contribution in [2.75, 3.05) is 0 Å². The highest BCUT2D eigenvalue weighted by molar-refractivity contribution is 7.19. The summed E-state index contributed by atoms with van der Waals surface area (Å²) in [6, 6.07) is 9.18. The van der Waals surface area contributed by atoms with Crippen LogP contribution in [0.2, 0.25) is 10.0 Å². The van der Waals surface area contributed by atoms with Crippen LogP contribution in [0.25, 0.3) is 43.5 Å². The Labute approximate surface area is 171 Å². The Hall–Kier alpha value is -2.87. The Kier molecular flexibility index (Phi) is 4.08. The number of aromatic nitrogens is 4. The van der Waals surface area contributed by atoms with Gasteiger partial charge in [0.05, 0.1) is 4.88 Å². The molecule has 6 nitrogen and oxygen atoms in total. The first-order chi connectivity index (χ1) is 13.6. The van der Waals surface area contributed by atoms with Gasteiger partial charge >= 0.3 is 5.76 Å². The molecule has 0 amide bonds. The molecule has 9 heteroatoms. The average Bonchev–Trinajstić information content (AvgIpc) is 3.39. The number of H-pyrrole nitrogens is 2. The third-order valence-electron chi connectivity index (χ3n) is 4.25. The van der Waals surface area contributed by atoms with Gasteiger partial charge in [0.1, 0.15) is 5.82 Å². The van der Waals surface area contributed by atoms with Gasteiger partial charge < -0.3 is 9.40 Å². The molecule has 0 aliphatic heterocycles. The molecule has 0 bridgehead atoms. The zero-order valence-electron chi connectivity index (χ0n) is 14.0. The molecule has 0 fully saturated rings. The van der Waals surface area contributed by atoms with E-state index < -0.39 is 5.76 Å². The third-order valence-corrected chi connectivity index (χ3v) is 5.97. The number of aromatic amines is 2. The van der Waals surface area contributed by atoms with E-state index in [9.17, 15) is 4.79 Å². The summed E-state index contributed by atoms with van der Waals surface area (Å²) in [5.41, 5.74) is 3.31. The van der Waals surface area contributed by atoms with Crippen molar-refractivity contribution in [1.29, 1.82) is 0 Å². The van der Waals surface area contributed by atoms with E-state index in [4.69, 9.17) is 27.6 Å². The van der Waals surface area contributed by atoms with Crippen molar-refractivity contribution >= 4 is 45.8 Å². The van der Waals surface area contributed by atoms with E-state index in [0.717, 1.165) is 32.3 Å². The summed E-state index contributed by atoms with van der Waals surface area (Å²) in [4.78, 5) is 27.7. The normalized spacial score (nSPS) is 11.4. The maximum atomic E-state index is 11.6. The van der Waals surface area contributed by atoms with Gasteiger partial charge in [-0.25, -0.2) is 14.8 Å². The molecule has 0 saturated heterocycles. The minimum Gasteiger partial charge on any atom is -0.405 e. The van der Waals surface area contributed by atoms with E-state index in [-0.39, 0.29) is 0 Å². The number of imidazole rings is 1. The molecule has 5 rings (SSSR count). The molecule has 0 atom stereocenters. The van der Waals surface area contributed by atoms with Crippen LogP contribution >= 0.6 is 34.5 Å². The van der Waals surface area contributed by atoms with Gasteiger partial charge in [0.25, 0.3) is 0 Å².